The van der Waals surface area contributed by atoms with Crippen LogP contribution in [0.5, 0.6) is 0 Å². The van der Waals surface area contributed by atoms with Crippen LogP contribution in [0.15, 0.2) is 29.3 Å². The van der Waals surface area contributed by atoms with Crippen molar-refractivity contribution in [3.63, 3.8) is 0 Å². The first kappa shape index (κ1) is 7.50. The van der Waals surface area contributed by atoms with Crippen molar-refractivity contribution >= 4 is 24.0 Å². The van der Waals surface area contributed by atoms with Gasteiger partial charge in [-0.25, -0.2) is 0 Å². The van der Waals surface area contributed by atoms with Gasteiger partial charge in [0.1, 0.15) is 0 Å². The maximum Gasteiger partial charge on any atom is 0.208 e. The molecule has 3 heteroatoms. The molecule has 1 aliphatic heterocycles. The topological polar surface area (TPSA) is 29.4 Å². The number of halogens is 1. The zero-order valence-corrected chi connectivity index (χ0v) is 6.95. The Morgan fingerprint density at radius 2 is 2.17 bits per heavy atom. The fourth-order valence-corrected chi connectivity index (χ4v) is 1.42. The third-order valence-corrected chi connectivity index (χ3v) is 2.03. The zero-order valence-electron chi connectivity index (χ0n) is 6.20. The summed E-state index contributed by atoms with van der Waals surface area (Å²) < 4.78 is 0. The molecule has 1 aromatic carbocycles. The van der Waals surface area contributed by atoms with Crippen molar-refractivity contribution in [1.82, 2.24) is 0 Å². The zero-order chi connectivity index (χ0) is 8.60. The Bertz CT molecular complexity index is 403. The first-order valence-corrected chi connectivity index (χ1v) is 3.94. The van der Waals surface area contributed by atoms with E-state index in [1.807, 2.05) is 24.3 Å². The molecule has 0 fully saturated rings. The molecule has 60 valence electrons. The van der Waals surface area contributed by atoms with E-state index in [4.69, 9.17) is 11.6 Å². The van der Waals surface area contributed by atoms with Crippen LogP contribution in [0.25, 0.3) is 6.08 Å². The van der Waals surface area contributed by atoms with Gasteiger partial charge in [-0.15, -0.1) is 0 Å². The van der Waals surface area contributed by atoms with E-state index in [0.717, 1.165) is 10.6 Å². The van der Waals surface area contributed by atoms with Gasteiger partial charge in [0, 0.05) is 0 Å². The van der Waals surface area contributed by atoms with E-state index in [0.29, 0.717) is 6.29 Å². The van der Waals surface area contributed by atoms with Crippen LogP contribution in [0.4, 0.5) is 0 Å². The second-order valence-electron chi connectivity index (χ2n) is 2.66. The summed E-state index contributed by atoms with van der Waals surface area (Å²) in [5.41, 5.74) is 0. The van der Waals surface area contributed by atoms with Crippen LogP contribution < -0.4 is 10.6 Å². The number of nitrogens with zero attached hydrogens (tertiary/aromatic N) is 1. The van der Waals surface area contributed by atoms with Gasteiger partial charge in [0.15, 0.2) is 6.29 Å². The lowest BCUT2D eigenvalue weighted by molar-refractivity contribution is -0.108. The summed E-state index contributed by atoms with van der Waals surface area (Å²) in [5.74, 6) is 0. The van der Waals surface area contributed by atoms with Crippen molar-refractivity contribution in [3.8, 4) is 0 Å². The molecule has 1 aliphatic rings. The van der Waals surface area contributed by atoms with Crippen molar-refractivity contribution in [2.45, 2.75) is 5.00 Å². The summed E-state index contributed by atoms with van der Waals surface area (Å²) >= 11 is 5.83. The molecular formula is C9H6ClNO. The first-order chi connectivity index (χ1) is 5.73. The number of aldehydes is 1. The molecule has 0 spiro atoms. The largest absolute Gasteiger partial charge is 0.299 e. The Morgan fingerprint density at radius 1 is 1.42 bits per heavy atom. The number of carbonyl (C=O) groups excluding carboxylic acids is 1. The van der Waals surface area contributed by atoms with E-state index < -0.39 is 5.00 Å². The van der Waals surface area contributed by atoms with E-state index in [1.165, 1.54) is 0 Å². The summed E-state index contributed by atoms with van der Waals surface area (Å²) in [7, 11) is 0. The minimum Gasteiger partial charge on any atom is -0.299 e. The monoisotopic (exact) mass is 179 g/mol. The summed E-state index contributed by atoms with van der Waals surface area (Å²) in [6, 6.07) is 7.47. The molecular weight excluding hydrogens is 174 g/mol. The normalized spacial score (nSPS) is 25.4. The molecule has 1 aromatic rings. The van der Waals surface area contributed by atoms with E-state index >= 15 is 0 Å². The maximum absolute atomic E-state index is 10.5. The van der Waals surface area contributed by atoms with Crippen LogP contribution in [-0.2, 0) is 4.79 Å². The highest BCUT2D eigenvalue weighted by Gasteiger charge is 2.24. The van der Waals surface area contributed by atoms with Crippen LogP contribution in [0.3, 0.4) is 0 Å². The van der Waals surface area contributed by atoms with E-state index in [9.17, 15) is 4.79 Å². The Balaban J connectivity index is 2.75. The number of alkyl halides is 1. The molecule has 0 saturated heterocycles. The lowest BCUT2D eigenvalue weighted by Crippen LogP contribution is -2.19. The standard InChI is InChI=1S/C9H6ClNO/c10-9(6-12)5-7-3-1-2-4-8(7)11-9/h1-6H. The molecule has 1 atom stereocenters. The average molecular weight is 180 g/mol. The smallest absolute Gasteiger partial charge is 0.208 e. The van der Waals surface area contributed by atoms with Gasteiger partial charge in [0.05, 0.1) is 5.36 Å². The summed E-state index contributed by atoms with van der Waals surface area (Å²) in [6.07, 6.45) is 2.28. The Labute approximate surface area is 74.2 Å². The molecule has 0 saturated carbocycles. The molecule has 12 heavy (non-hydrogen) atoms. The Hall–Kier alpha value is -1.15. The number of hydrogen-bond acceptors (Lipinski definition) is 2. The molecule has 0 radical (unpaired) electrons. The third-order valence-electron chi connectivity index (χ3n) is 1.75. The van der Waals surface area contributed by atoms with Gasteiger partial charge in [-0.2, -0.15) is 0 Å². The number of para-hydroxylation sites is 1. The predicted molar refractivity (Wildman–Crippen MR) is 46.3 cm³/mol. The predicted octanol–water partition coefficient (Wildman–Crippen LogP) is 0.234. The molecule has 0 amide bonds. The van der Waals surface area contributed by atoms with Gasteiger partial charge in [-0.3, -0.25) is 9.79 Å². The van der Waals surface area contributed by atoms with Crippen molar-refractivity contribution in [3.05, 3.63) is 34.8 Å². The molecule has 0 N–H and O–H groups in total. The third kappa shape index (κ3) is 1.04. The van der Waals surface area contributed by atoms with Crippen molar-refractivity contribution in [1.29, 1.82) is 0 Å². The number of hydrogen-bond donors (Lipinski definition) is 0. The lowest BCUT2D eigenvalue weighted by atomic mass is 10.2. The van der Waals surface area contributed by atoms with Crippen LogP contribution >= 0.6 is 11.6 Å². The molecule has 1 heterocycles. The SMILES string of the molecule is O=CC1(Cl)C=c2ccccc2=N1. The fourth-order valence-electron chi connectivity index (χ4n) is 1.21. The second kappa shape index (κ2) is 2.42. The van der Waals surface area contributed by atoms with Crippen LogP contribution in [0.1, 0.15) is 0 Å². The van der Waals surface area contributed by atoms with E-state index in [1.54, 1.807) is 6.08 Å². The summed E-state index contributed by atoms with van der Waals surface area (Å²) in [5, 5.41) is 1.69. The average Bonchev–Trinajstić information content (AvgIpc) is 2.42. The second-order valence-corrected chi connectivity index (χ2v) is 3.27. The van der Waals surface area contributed by atoms with Crippen LogP contribution in [0.2, 0.25) is 0 Å². The van der Waals surface area contributed by atoms with Gasteiger partial charge in [-0.1, -0.05) is 29.8 Å². The maximum atomic E-state index is 10.5. The van der Waals surface area contributed by atoms with Crippen molar-refractivity contribution < 1.29 is 4.79 Å². The van der Waals surface area contributed by atoms with Gasteiger partial charge >= 0.3 is 0 Å². The fraction of sp³-hybridized carbons (Fsp3) is 0.111. The van der Waals surface area contributed by atoms with Gasteiger partial charge in [0.25, 0.3) is 0 Å². The number of rotatable bonds is 1. The minimum absolute atomic E-state index is 0.633. The van der Waals surface area contributed by atoms with E-state index in [-0.39, 0.29) is 0 Å². The van der Waals surface area contributed by atoms with Gasteiger partial charge in [0.2, 0.25) is 5.00 Å². The molecule has 0 bridgehead atoms. The molecule has 0 aliphatic carbocycles. The Morgan fingerprint density at radius 3 is 2.83 bits per heavy atom. The minimum atomic E-state index is -1.16. The van der Waals surface area contributed by atoms with Gasteiger partial charge < -0.3 is 0 Å². The highest BCUT2D eigenvalue weighted by Crippen LogP contribution is 2.16. The lowest BCUT2D eigenvalue weighted by Gasteiger charge is -2.02. The van der Waals surface area contributed by atoms with Crippen molar-refractivity contribution in [2.75, 3.05) is 0 Å². The summed E-state index contributed by atoms with van der Waals surface area (Å²) in [6.45, 7) is 0. The van der Waals surface area contributed by atoms with Crippen LogP contribution in [0, 0.1) is 0 Å². The number of carbonyl (C=O) groups is 1. The number of benzene rings is 1. The summed E-state index contributed by atoms with van der Waals surface area (Å²) in [4.78, 5) is 13.4. The molecule has 2 rings (SSSR count). The van der Waals surface area contributed by atoms with Crippen molar-refractivity contribution in [2.24, 2.45) is 4.99 Å². The van der Waals surface area contributed by atoms with Crippen LogP contribution in [-0.4, -0.2) is 11.3 Å². The van der Waals surface area contributed by atoms with E-state index in [2.05, 4.69) is 4.99 Å². The highest BCUT2D eigenvalue weighted by molar-refractivity contribution is 6.35. The van der Waals surface area contributed by atoms with Gasteiger partial charge in [-0.05, 0) is 17.4 Å². The first-order valence-electron chi connectivity index (χ1n) is 3.57. The molecule has 0 aromatic heterocycles. The molecule has 2 nitrogen and oxygen atoms in total. The quantitative estimate of drug-likeness (QED) is 0.345. The number of fused-ring (bicyclic) bond motifs is 1. The Kier molecular flexibility index (Phi) is 1.51. The molecule has 1 unspecified atom stereocenters. The highest BCUT2D eigenvalue weighted by atomic mass is 35.5.